The minimum Gasteiger partial charge on any atom is -0.378 e. The molecule has 0 unspecified atom stereocenters. The average Bonchev–Trinajstić information content (AvgIpc) is 2.70. The Balaban J connectivity index is 1.73. The summed E-state index contributed by atoms with van der Waals surface area (Å²) < 4.78 is 5.44. The van der Waals surface area contributed by atoms with Crippen LogP contribution in [-0.4, -0.2) is 42.2 Å². The maximum Gasteiger partial charge on any atom is 0.278 e. The van der Waals surface area contributed by atoms with Crippen LogP contribution in [0.2, 0.25) is 0 Å². The second-order valence-corrected chi connectivity index (χ2v) is 6.74. The first-order valence-electron chi connectivity index (χ1n) is 9.10. The van der Waals surface area contributed by atoms with Gasteiger partial charge in [-0.3, -0.25) is 4.79 Å². The minimum atomic E-state index is -0.252. The lowest BCUT2D eigenvalue weighted by atomic mass is 10.1. The van der Waals surface area contributed by atoms with Crippen molar-refractivity contribution in [2.24, 2.45) is 0 Å². The number of amides is 1. The SMILES string of the molecule is Cc1ccc(NC(=O)c2nc3ccccc3nc2N2CCOCC2)cc1C. The molecule has 1 saturated heterocycles. The van der Waals surface area contributed by atoms with Gasteiger partial charge in [-0.15, -0.1) is 0 Å². The van der Waals surface area contributed by atoms with E-state index in [0.29, 0.717) is 43.3 Å². The van der Waals surface area contributed by atoms with Gasteiger partial charge < -0.3 is 15.0 Å². The van der Waals surface area contributed by atoms with E-state index in [1.165, 1.54) is 5.56 Å². The van der Waals surface area contributed by atoms with Crippen LogP contribution in [0.5, 0.6) is 0 Å². The van der Waals surface area contributed by atoms with Gasteiger partial charge in [0.1, 0.15) is 0 Å². The van der Waals surface area contributed by atoms with E-state index >= 15 is 0 Å². The predicted octanol–water partition coefficient (Wildman–Crippen LogP) is 3.34. The summed E-state index contributed by atoms with van der Waals surface area (Å²) in [6, 6.07) is 13.5. The molecule has 6 nitrogen and oxygen atoms in total. The Morgan fingerprint density at radius 1 is 1.00 bits per heavy atom. The van der Waals surface area contributed by atoms with E-state index in [1.807, 2.05) is 56.3 Å². The smallest absolute Gasteiger partial charge is 0.278 e. The lowest BCUT2D eigenvalue weighted by Gasteiger charge is -2.29. The Labute approximate surface area is 158 Å². The van der Waals surface area contributed by atoms with Crippen molar-refractivity contribution in [1.82, 2.24) is 9.97 Å². The molecule has 0 radical (unpaired) electrons. The van der Waals surface area contributed by atoms with E-state index < -0.39 is 0 Å². The highest BCUT2D eigenvalue weighted by atomic mass is 16.5. The van der Waals surface area contributed by atoms with Crippen molar-refractivity contribution in [3.8, 4) is 0 Å². The van der Waals surface area contributed by atoms with Crippen LogP contribution in [0.4, 0.5) is 11.5 Å². The molecule has 1 aliphatic heterocycles. The Bertz CT molecular complexity index is 997. The number of aryl methyl sites for hydroxylation is 2. The molecule has 0 saturated carbocycles. The summed E-state index contributed by atoms with van der Waals surface area (Å²) in [6.07, 6.45) is 0. The van der Waals surface area contributed by atoms with Gasteiger partial charge in [-0.1, -0.05) is 18.2 Å². The second kappa shape index (κ2) is 7.32. The van der Waals surface area contributed by atoms with Crippen LogP contribution in [-0.2, 0) is 4.74 Å². The normalized spacial score (nSPS) is 14.4. The van der Waals surface area contributed by atoms with Crippen molar-refractivity contribution in [2.75, 3.05) is 36.5 Å². The summed E-state index contributed by atoms with van der Waals surface area (Å²) in [5, 5.41) is 2.97. The molecule has 1 aromatic heterocycles. The quantitative estimate of drug-likeness (QED) is 0.774. The zero-order valence-corrected chi connectivity index (χ0v) is 15.5. The van der Waals surface area contributed by atoms with Gasteiger partial charge in [0.15, 0.2) is 11.5 Å². The summed E-state index contributed by atoms with van der Waals surface area (Å²) in [5.74, 6) is 0.358. The molecule has 2 aromatic carbocycles. The topological polar surface area (TPSA) is 67.4 Å². The third-order valence-corrected chi connectivity index (χ3v) is 4.84. The van der Waals surface area contributed by atoms with Crippen LogP contribution >= 0.6 is 0 Å². The Hall–Kier alpha value is -2.99. The number of benzene rings is 2. The van der Waals surface area contributed by atoms with E-state index in [2.05, 4.69) is 15.2 Å². The van der Waals surface area contributed by atoms with Crippen LogP contribution in [0.25, 0.3) is 11.0 Å². The number of ether oxygens (including phenoxy) is 1. The fraction of sp³-hybridized carbons (Fsp3) is 0.286. The average molecular weight is 362 g/mol. The summed E-state index contributed by atoms with van der Waals surface area (Å²) in [4.78, 5) is 24.5. The highest BCUT2D eigenvalue weighted by molar-refractivity contribution is 6.07. The molecule has 138 valence electrons. The first-order chi connectivity index (χ1) is 13.1. The standard InChI is InChI=1S/C21H22N4O2/c1-14-7-8-16(13-15(14)2)22-21(26)19-20(25-9-11-27-12-10-25)24-18-6-4-3-5-17(18)23-19/h3-8,13H,9-12H2,1-2H3,(H,22,26). The third-order valence-electron chi connectivity index (χ3n) is 4.84. The van der Waals surface area contributed by atoms with E-state index in [0.717, 1.165) is 16.8 Å². The number of carbonyl (C=O) groups excluding carboxylic acids is 1. The van der Waals surface area contributed by atoms with Crippen molar-refractivity contribution >= 4 is 28.4 Å². The fourth-order valence-corrected chi connectivity index (χ4v) is 3.15. The second-order valence-electron chi connectivity index (χ2n) is 6.74. The van der Waals surface area contributed by atoms with Gasteiger partial charge in [0.25, 0.3) is 5.91 Å². The van der Waals surface area contributed by atoms with Crippen molar-refractivity contribution < 1.29 is 9.53 Å². The van der Waals surface area contributed by atoms with Crippen LogP contribution < -0.4 is 10.2 Å². The Morgan fingerprint density at radius 2 is 1.70 bits per heavy atom. The van der Waals surface area contributed by atoms with Crippen LogP contribution in [0.1, 0.15) is 21.6 Å². The van der Waals surface area contributed by atoms with Gasteiger partial charge in [-0.25, -0.2) is 9.97 Å². The molecule has 1 N–H and O–H groups in total. The van der Waals surface area contributed by atoms with Gasteiger partial charge in [0.05, 0.1) is 24.2 Å². The molecule has 0 aliphatic carbocycles. The number of hydrogen-bond donors (Lipinski definition) is 1. The molecule has 1 aliphatic rings. The van der Waals surface area contributed by atoms with Gasteiger partial charge in [-0.2, -0.15) is 0 Å². The molecule has 1 fully saturated rings. The predicted molar refractivity (Wildman–Crippen MR) is 106 cm³/mol. The summed E-state index contributed by atoms with van der Waals surface area (Å²) >= 11 is 0. The number of nitrogens with one attached hydrogen (secondary N) is 1. The number of aromatic nitrogens is 2. The maximum absolute atomic E-state index is 13.0. The highest BCUT2D eigenvalue weighted by Crippen LogP contribution is 2.23. The largest absolute Gasteiger partial charge is 0.378 e. The first kappa shape index (κ1) is 17.4. The minimum absolute atomic E-state index is 0.252. The molecular weight excluding hydrogens is 340 g/mol. The Kier molecular flexibility index (Phi) is 4.73. The molecule has 1 amide bonds. The van der Waals surface area contributed by atoms with Crippen LogP contribution in [0.3, 0.4) is 0 Å². The number of morpholine rings is 1. The monoisotopic (exact) mass is 362 g/mol. The van der Waals surface area contributed by atoms with E-state index in [4.69, 9.17) is 9.72 Å². The van der Waals surface area contributed by atoms with Gasteiger partial charge >= 0.3 is 0 Å². The molecule has 2 heterocycles. The van der Waals surface area contributed by atoms with E-state index in [1.54, 1.807) is 0 Å². The van der Waals surface area contributed by atoms with Crippen molar-refractivity contribution in [3.05, 3.63) is 59.3 Å². The van der Waals surface area contributed by atoms with Crippen molar-refractivity contribution in [3.63, 3.8) is 0 Å². The lowest BCUT2D eigenvalue weighted by Crippen LogP contribution is -2.38. The summed E-state index contributed by atoms with van der Waals surface area (Å²) in [5.41, 5.74) is 4.90. The van der Waals surface area contributed by atoms with E-state index in [-0.39, 0.29) is 5.91 Å². The molecule has 0 spiro atoms. The van der Waals surface area contributed by atoms with Crippen LogP contribution in [0.15, 0.2) is 42.5 Å². The van der Waals surface area contributed by atoms with Gasteiger partial charge in [-0.05, 0) is 49.2 Å². The van der Waals surface area contributed by atoms with Gasteiger partial charge in [0.2, 0.25) is 0 Å². The molecule has 3 aromatic rings. The summed E-state index contributed by atoms with van der Waals surface area (Å²) in [7, 11) is 0. The molecule has 6 heteroatoms. The fourth-order valence-electron chi connectivity index (χ4n) is 3.15. The number of nitrogens with zero attached hydrogens (tertiary/aromatic N) is 3. The number of para-hydroxylation sites is 2. The lowest BCUT2D eigenvalue weighted by molar-refractivity contribution is 0.102. The molecule has 0 atom stereocenters. The molecule has 27 heavy (non-hydrogen) atoms. The third kappa shape index (κ3) is 3.61. The van der Waals surface area contributed by atoms with Crippen molar-refractivity contribution in [1.29, 1.82) is 0 Å². The Morgan fingerprint density at radius 3 is 2.41 bits per heavy atom. The number of fused-ring (bicyclic) bond motifs is 1. The zero-order chi connectivity index (χ0) is 18.8. The van der Waals surface area contributed by atoms with Crippen molar-refractivity contribution in [2.45, 2.75) is 13.8 Å². The van der Waals surface area contributed by atoms with Gasteiger partial charge in [0, 0.05) is 18.8 Å². The number of hydrogen-bond acceptors (Lipinski definition) is 5. The molecule has 0 bridgehead atoms. The number of anilines is 2. The first-order valence-corrected chi connectivity index (χ1v) is 9.10. The zero-order valence-electron chi connectivity index (χ0n) is 15.5. The maximum atomic E-state index is 13.0. The molecular formula is C21H22N4O2. The summed E-state index contributed by atoms with van der Waals surface area (Å²) in [6.45, 7) is 6.69. The van der Waals surface area contributed by atoms with Crippen LogP contribution in [0, 0.1) is 13.8 Å². The highest BCUT2D eigenvalue weighted by Gasteiger charge is 2.23. The number of carbonyl (C=O) groups is 1. The van der Waals surface area contributed by atoms with E-state index in [9.17, 15) is 4.79 Å². The number of rotatable bonds is 3. The molecule has 4 rings (SSSR count).